The molecule has 0 saturated heterocycles. The van der Waals surface area contributed by atoms with Gasteiger partial charge >= 0.3 is 0 Å². The van der Waals surface area contributed by atoms with E-state index >= 15 is 0 Å². The Morgan fingerprint density at radius 2 is 1.63 bits per heavy atom. The first kappa shape index (κ1) is 19.8. The number of carbonyl (C=O) groups excluding carboxylic acids is 1. The molecular formula is C21H21N7OS. The van der Waals surface area contributed by atoms with Gasteiger partial charge in [0.1, 0.15) is 4.70 Å². The maximum absolute atomic E-state index is 13.1. The van der Waals surface area contributed by atoms with Crippen LogP contribution in [0.4, 0.5) is 5.95 Å². The Hall–Kier alpha value is -3.46. The molecule has 4 heterocycles. The molecule has 0 bridgehead atoms. The second-order valence-corrected chi connectivity index (χ2v) is 8.12. The van der Waals surface area contributed by atoms with Gasteiger partial charge in [0, 0.05) is 24.8 Å². The molecule has 0 unspecified atom stereocenters. The third-order valence-electron chi connectivity index (χ3n) is 4.64. The van der Waals surface area contributed by atoms with Crippen molar-refractivity contribution in [1.29, 1.82) is 0 Å². The number of nitrogens with one attached hydrogen (secondary N) is 2. The van der Waals surface area contributed by atoms with Crippen molar-refractivity contribution in [3.63, 3.8) is 0 Å². The highest BCUT2D eigenvalue weighted by Crippen LogP contribution is 2.26. The minimum Gasteiger partial charge on any atom is -0.348 e. The van der Waals surface area contributed by atoms with Crippen LogP contribution < -0.4 is 10.6 Å². The number of aryl methyl sites for hydroxylation is 1. The summed E-state index contributed by atoms with van der Waals surface area (Å²) in [6.07, 6.45) is 6.95. The maximum Gasteiger partial charge on any atom is 0.272 e. The van der Waals surface area contributed by atoms with Crippen molar-refractivity contribution in [3.8, 4) is 0 Å². The predicted molar refractivity (Wildman–Crippen MR) is 116 cm³/mol. The number of rotatable bonds is 6. The summed E-state index contributed by atoms with van der Waals surface area (Å²) in [6, 6.07) is 7.32. The summed E-state index contributed by atoms with van der Waals surface area (Å²) in [5.41, 5.74) is 2.72. The van der Waals surface area contributed by atoms with Gasteiger partial charge in [0.05, 0.1) is 17.1 Å². The van der Waals surface area contributed by atoms with E-state index in [9.17, 15) is 4.79 Å². The average Bonchev–Trinajstić information content (AvgIpc) is 3.14. The molecule has 152 valence electrons. The van der Waals surface area contributed by atoms with Crippen LogP contribution in [0.5, 0.6) is 0 Å². The number of nitrogens with zero attached hydrogens (tertiary/aromatic N) is 5. The fourth-order valence-electron chi connectivity index (χ4n) is 3.04. The first-order valence-corrected chi connectivity index (χ1v) is 10.4. The molecule has 0 fully saturated rings. The summed E-state index contributed by atoms with van der Waals surface area (Å²) in [7, 11) is 0. The number of thiazole rings is 1. The molecule has 4 rings (SSSR count). The molecule has 8 nitrogen and oxygen atoms in total. The lowest BCUT2D eigenvalue weighted by atomic mass is 10.1. The topological polar surface area (TPSA) is 106 Å². The number of carbonyl (C=O) groups is 1. The number of fused-ring (bicyclic) bond motifs is 1. The normalized spacial score (nSPS) is 13.0. The quantitative estimate of drug-likeness (QED) is 0.489. The number of anilines is 1. The molecule has 0 aliphatic carbocycles. The Morgan fingerprint density at radius 3 is 2.27 bits per heavy atom. The molecule has 0 saturated carbocycles. The van der Waals surface area contributed by atoms with Crippen molar-refractivity contribution >= 4 is 33.5 Å². The average molecular weight is 420 g/mol. The van der Waals surface area contributed by atoms with Crippen LogP contribution in [0.25, 0.3) is 10.3 Å². The summed E-state index contributed by atoms with van der Waals surface area (Å²) < 4.78 is 0.669. The molecule has 0 aliphatic rings. The molecule has 30 heavy (non-hydrogen) atoms. The van der Waals surface area contributed by atoms with Gasteiger partial charge in [-0.1, -0.05) is 12.1 Å². The van der Waals surface area contributed by atoms with E-state index in [1.54, 1.807) is 24.8 Å². The fraction of sp³-hybridized carbons (Fsp3) is 0.238. The summed E-state index contributed by atoms with van der Waals surface area (Å²) in [5.74, 6) is 0.0721. The first-order valence-electron chi connectivity index (χ1n) is 9.53. The van der Waals surface area contributed by atoms with Gasteiger partial charge in [-0.2, -0.15) is 4.98 Å². The van der Waals surface area contributed by atoms with E-state index < -0.39 is 0 Å². The third kappa shape index (κ3) is 4.25. The molecule has 2 N–H and O–H groups in total. The van der Waals surface area contributed by atoms with Crippen LogP contribution >= 0.6 is 11.3 Å². The van der Waals surface area contributed by atoms with E-state index in [2.05, 4.69) is 35.6 Å². The zero-order chi connectivity index (χ0) is 21.1. The van der Waals surface area contributed by atoms with Crippen LogP contribution in [0, 0.1) is 6.92 Å². The van der Waals surface area contributed by atoms with E-state index in [-0.39, 0.29) is 18.0 Å². The van der Waals surface area contributed by atoms with Crippen molar-refractivity contribution in [1.82, 2.24) is 30.2 Å². The number of hydrogen-bond acceptors (Lipinski definition) is 8. The van der Waals surface area contributed by atoms with Gasteiger partial charge in [0.2, 0.25) is 5.95 Å². The van der Waals surface area contributed by atoms with E-state index in [0.29, 0.717) is 22.0 Å². The van der Waals surface area contributed by atoms with Gasteiger partial charge in [-0.05, 0) is 44.0 Å². The Kier molecular flexibility index (Phi) is 5.62. The summed E-state index contributed by atoms with van der Waals surface area (Å²) >= 11 is 1.41. The Balaban J connectivity index is 1.64. The molecule has 4 aromatic rings. The minimum atomic E-state index is -0.278. The standard InChI is InChI=1S/C21H21N7OS/c1-12(15-6-4-8-22-10-15)24-20(29)17-18-19(26-14(3)30-18)28-21(27-17)25-13(2)16-7-5-9-23-11-16/h4-13H,1-3H3,(H,24,29)(H,25,27,28)/t12-,13-/m0/s1. The lowest BCUT2D eigenvalue weighted by molar-refractivity contribution is 0.0937. The third-order valence-corrected chi connectivity index (χ3v) is 5.60. The summed E-state index contributed by atoms with van der Waals surface area (Å²) in [4.78, 5) is 34.8. The van der Waals surface area contributed by atoms with Crippen molar-refractivity contribution < 1.29 is 4.79 Å². The Morgan fingerprint density at radius 1 is 0.967 bits per heavy atom. The molecule has 9 heteroatoms. The van der Waals surface area contributed by atoms with Gasteiger partial charge in [-0.3, -0.25) is 14.8 Å². The lowest BCUT2D eigenvalue weighted by Crippen LogP contribution is -2.28. The SMILES string of the molecule is Cc1nc2nc(N[C@@H](C)c3cccnc3)nc(C(=O)N[C@@H](C)c3cccnc3)c2s1. The summed E-state index contributed by atoms with van der Waals surface area (Å²) in [5, 5.41) is 7.08. The van der Waals surface area contributed by atoms with Crippen molar-refractivity contribution in [2.24, 2.45) is 0 Å². The lowest BCUT2D eigenvalue weighted by Gasteiger charge is -2.16. The highest BCUT2D eigenvalue weighted by Gasteiger charge is 2.21. The van der Waals surface area contributed by atoms with Crippen LogP contribution in [-0.2, 0) is 0 Å². The zero-order valence-corrected chi connectivity index (χ0v) is 17.6. The largest absolute Gasteiger partial charge is 0.348 e. The maximum atomic E-state index is 13.1. The molecule has 0 spiro atoms. The fourth-order valence-corrected chi connectivity index (χ4v) is 3.88. The Bertz CT molecular complexity index is 1160. The van der Waals surface area contributed by atoms with Crippen LogP contribution in [0.15, 0.2) is 49.1 Å². The van der Waals surface area contributed by atoms with Gasteiger partial charge in [-0.15, -0.1) is 11.3 Å². The van der Waals surface area contributed by atoms with Crippen LogP contribution in [0.3, 0.4) is 0 Å². The number of pyridine rings is 2. The number of hydrogen-bond donors (Lipinski definition) is 2. The molecule has 2 atom stereocenters. The van der Waals surface area contributed by atoms with Crippen LogP contribution in [-0.4, -0.2) is 30.8 Å². The van der Waals surface area contributed by atoms with Crippen LogP contribution in [0.1, 0.15) is 52.6 Å². The van der Waals surface area contributed by atoms with Crippen molar-refractivity contribution in [2.45, 2.75) is 32.9 Å². The van der Waals surface area contributed by atoms with Gasteiger partial charge in [0.15, 0.2) is 11.3 Å². The zero-order valence-electron chi connectivity index (χ0n) is 16.8. The smallest absolute Gasteiger partial charge is 0.272 e. The molecular weight excluding hydrogens is 398 g/mol. The second-order valence-electron chi connectivity index (χ2n) is 6.92. The molecule has 1 amide bonds. The van der Waals surface area contributed by atoms with Gasteiger partial charge in [-0.25, -0.2) is 9.97 Å². The van der Waals surface area contributed by atoms with Crippen molar-refractivity contribution in [2.75, 3.05) is 5.32 Å². The van der Waals surface area contributed by atoms with E-state index in [1.165, 1.54) is 11.3 Å². The molecule has 0 radical (unpaired) electrons. The van der Waals surface area contributed by atoms with Crippen LogP contribution in [0.2, 0.25) is 0 Å². The van der Waals surface area contributed by atoms with E-state index in [1.807, 2.05) is 45.0 Å². The highest BCUT2D eigenvalue weighted by molar-refractivity contribution is 7.18. The number of amides is 1. The minimum absolute atomic E-state index is 0.0823. The van der Waals surface area contributed by atoms with Crippen molar-refractivity contribution in [3.05, 3.63) is 70.9 Å². The first-order chi connectivity index (χ1) is 14.5. The molecule has 0 aliphatic heterocycles. The van der Waals surface area contributed by atoms with Gasteiger partial charge in [0.25, 0.3) is 5.91 Å². The van der Waals surface area contributed by atoms with E-state index in [4.69, 9.17) is 0 Å². The van der Waals surface area contributed by atoms with E-state index in [0.717, 1.165) is 16.1 Å². The predicted octanol–water partition coefficient (Wildman–Crippen LogP) is 3.85. The highest BCUT2D eigenvalue weighted by atomic mass is 32.1. The molecule has 0 aromatic carbocycles. The number of aromatic nitrogens is 5. The van der Waals surface area contributed by atoms with Gasteiger partial charge < -0.3 is 10.6 Å². The molecule has 4 aromatic heterocycles. The summed E-state index contributed by atoms with van der Waals surface area (Å²) in [6.45, 7) is 5.79. The monoisotopic (exact) mass is 419 g/mol. The second kappa shape index (κ2) is 8.50. The Labute approximate surface area is 177 Å².